The minimum absolute atomic E-state index is 0.105. The first-order valence-electron chi connectivity index (χ1n) is 11.5. The van der Waals surface area contributed by atoms with E-state index in [0.29, 0.717) is 24.0 Å². The van der Waals surface area contributed by atoms with E-state index in [1.807, 2.05) is 0 Å². The van der Waals surface area contributed by atoms with Crippen molar-refractivity contribution in [1.29, 1.82) is 0 Å². The number of nitrogens with one attached hydrogen (secondary N) is 2. The molecule has 0 saturated carbocycles. The van der Waals surface area contributed by atoms with Crippen LogP contribution in [0.25, 0.3) is 22.0 Å². The van der Waals surface area contributed by atoms with Gasteiger partial charge < -0.3 is 20.4 Å². The highest BCUT2D eigenvalue weighted by Gasteiger charge is 2.37. The normalized spacial score (nSPS) is 12.5. The van der Waals surface area contributed by atoms with E-state index in [2.05, 4.69) is 15.4 Å². The second-order valence-corrected chi connectivity index (χ2v) is 8.69. The molecule has 200 valence electrons. The molecule has 1 atom stereocenters. The summed E-state index contributed by atoms with van der Waals surface area (Å²) in [5.74, 6) is -0.181. The largest absolute Gasteiger partial charge is 0.493 e. The van der Waals surface area contributed by atoms with Gasteiger partial charge in [0.2, 0.25) is 0 Å². The maximum atomic E-state index is 15.0. The van der Waals surface area contributed by atoms with Crippen molar-refractivity contribution in [3.05, 3.63) is 74.8 Å². The summed E-state index contributed by atoms with van der Waals surface area (Å²) < 4.78 is 61.2. The Morgan fingerprint density at radius 2 is 1.97 bits per heavy atom. The Labute approximate surface area is 213 Å². The number of H-pyrrole nitrogens is 1. The van der Waals surface area contributed by atoms with Gasteiger partial charge in [-0.05, 0) is 55.5 Å². The van der Waals surface area contributed by atoms with Gasteiger partial charge in [0, 0.05) is 24.3 Å². The van der Waals surface area contributed by atoms with E-state index in [4.69, 9.17) is 10.5 Å². The summed E-state index contributed by atoms with van der Waals surface area (Å²) in [5, 5.41) is 8.57. The Balaban J connectivity index is 1.48. The van der Waals surface area contributed by atoms with Crippen molar-refractivity contribution in [3.8, 4) is 17.0 Å². The summed E-state index contributed by atoms with van der Waals surface area (Å²) >= 11 is 0. The number of anilines is 2. The van der Waals surface area contributed by atoms with Crippen LogP contribution in [-0.4, -0.2) is 32.9 Å². The fourth-order valence-corrected chi connectivity index (χ4v) is 4.16. The molecule has 0 radical (unpaired) electrons. The van der Waals surface area contributed by atoms with Crippen LogP contribution in [0.5, 0.6) is 5.75 Å². The van der Waals surface area contributed by atoms with E-state index in [9.17, 15) is 27.2 Å². The number of aromatic nitrogens is 4. The highest BCUT2D eigenvalue weighted by molar-refractivity contribution is 5.86. The Morgan fingerprint density at radius 3 is 2.66 bits per heavy atom. The van der Waals surface area contributed by atoms with Crippen molar-refractivity contribution >= 4 is 22.3 Å². The molecule has 0 saturated heterocycles. The Morgan fingerprint density at radius 1 is 1.21 bits per heavy atom. The number of aromatic amines is 1. The number of fused-ring (bicyclic) bond motifs is 1. The van der Waals surface area contributed by atoms with Crippen molar-refractivity contribution in [2.24, 2.45) is 0 Å². The molecule has 4 aromatic rings. The maximum Gasteiger partial charge on any atom is 0.423 e. The third-order valence-corrected chi connectivity index (χ3v) is 6.02. The summed E-state index contributed by atoms with van der Waals surface area (Å²) in [6.45, 7) is 1.90. The summed E-state index contributed by atoms with van der Waals surface area (Å²) in [7, 11) is 1.44. The SMILES string of the molecule is COc1ccc(-c2cc3ccn(CCCC(C)Nc4cn[nH]c(=O)c4C(F)(F)F)c(=O)c3cc2F)nc1N. The monoisotopic (exact) mass is 532 g/mol. The second kappa shape index (κ2) is 10.5. The number of nitrogen functional groups attached to an aromatic ring is 1. The van der Waals surface area contributed by atoms with Gasteiger partial charge in [0.15, 0.2) is 11.6 Å². The van der Waals surface area contributed by atoms with Gasteiger partial charge in [0.25, 0.3) is 11.1 Å². The first kappa shape index (κ1) is 26.6. The van der Waals surface area contributed by atoms with Gasteiger partial charge in [-0.2, -0.15) is 18.3 Å². The van der Waals surface area contributed by atoms with Gasteiger partial charge in [-0.25, -0.2) is 14.5 Å². The summed E-state index contributed by atoms with van der Waals surface area (Å²) in [5.41, 5.74) is 2.79. The molecule has 9 nitrogen and oxygen atoms in total. The molecule has 0 spiro atoms. The fourth-order valence-electron chi connectivity index (χ4n) is 4.16. The van der Waals surface area contributed by atoms with Gasteiger partial charge >= 0.3 is 6.18 Å². The number of methoxy groups -OCH3 is 1. The zero-order valence-electron chi connectivity index (χ0n) is 20.4. The van der Waals surface area contributed by atoms with Crippen LogP contribution in [0, 0.1) is 5.82 Å². The quantitative estimate of drug-likeness (QED) is 0.291. The third kappa shape index (κ3) is 5.45. The van der Waals surface area contributed by atoms with Crippen LogP contribution >= 0.6 is 0 Å². The number of pyridine rings is 2. The predicted octanol–water partition coefficient (Wildman–Crippen LogP) is 4.18. The minimum atomic E-state index is -4.85. The average molecular weight is 532 g/mol. The van der Waals surface area contributed by atoms with Crippen LogP contribution in [0.4, 0.5) is 29.1 Å². The average Bonchev–Trinajstić information content (AvgIpc) is 2.84. The topological polar surface area (TPSA) is 128 Å². The molecule has 0 aliphatic rings. The molecule has 0 aliphatic heterocycles. The molecule has 0 amide bonds. The highest BCUT2D eigenvalue weighted by atomic mass is 19.4. The number of ether oxygens (including phenoxy) is 1. The van der Waals surface area contributed by atoms with Crippen molar-refractivity contribution in [3.63, 3.8) is 0 Å². The van der Waals surface area contributed by atoms with E-state index in [-0.39, 0.29) is 29.0 Å². The number of hydrogen-bond donors (Lipinski definition) is 3. The molecule has 1 aromatic carbocycles. The van der Waals surface area contributed by atoms with Crippen LogP contribution < -0.4 is 26.9 Å². The van der Waals surface area contributed by atoms with E-state index in [1.165, 1.54) is 17.7 Å². The fraction of sp³-hybridized carbons (Fsp3) is 0.280. The minimum Gasteiger partial charge on any atom is -0.493 e. The molecule has 1 unspecified atom stereocenters. The van der Waals surface area contributed by atoms with Gasteiger partial charge in [0.05, 0.1) is 30.1 Å². The number of halogens is 4. The van der Waals surface area contributed by atoms with Crippen molar-refractivity contribution in [2.45, 2.75) is 38.5 Å². The number of alkyl halides is 3. The van der Waals surface area contributed by atoms with Gasteiger partial charge in [-0.1, -0.05) is 0 Å². The molecule has 4 N–H and O–H groups in total. The van der Waals surface area contributed by atoms with E-state index in [1.54, 1.807) is 36.4 Å². The van der Waals surface area contributed by atoms with Gasteiger partial charge in [0.1, 0.15) is 11.4 Å². The van der Waals surface area contributed by atoms with Crippen LogP contribution in [-0.2, 0) is 12.7 Å². The Bertz CT molecular complexity index is 1600. The molecule has 13 heteroatoms. The van der Waals surface area contributed by atoms with Crippen molar-refractivity contribution < 1.29 is 22.3 Å². The number of aryl methyl sites for hydroxylation is 1. The molecule has 0 bridgehead atoms. The van der Waals surface area contributed by atoms with E-state index in [0.717, 1.165) is 12.3 Å². The molecule has 0 fully saturated rings. The Hall–Kier alpha value is -4.42. The highest BCUT2D eigenvalue weighted by Crippen LogP contribution is 2.32. The lowest BCUT2D eigenvalue weighted by Crippen LogP contribution is -2.27. The number of benzene rings is 1. The standard InChI is InChI=1S/C25H24F4N6O3/c1-13(32-19-12-31-34-23(36)21(19)25(27,28)29)4-3-8-35-9-7-14-10-16(17(26)11-15(14)24(35)37)18-5-6-20(38-2)22(30)33-18/h5-7,9-13H,3-4,8H2,1-2H3,(H2,30,33)(H2,32,34,36). The molecule has 3 heterocycles. The molecule has 38 heavy (non-hydrogen) atoms. The number of hydrogen-bond acceptors (Lipinski definition) is 7. The molecule has 3 aromatic heterocycles. The van der Waals surface area contributed by atoms with Crippen LogP contribution in [0.1, 0.15) is 25.3 Å². The van der Waals surface area contributed by atoms with Crippen molar-refractivity contribution in [1.82, 2.24) is 19.7 Å². The van der Waals surface area contributed by atoms with Gasteiger partial charge in [-0.15, -0.1) is 0 Å². The number of nitrogens with zero attached hydrogens (tertiary/aromatic N) is 3. The first-order valence-corrected chi connectivity index (χ1v) is 11.5. The van der Waals surface area contributed by atoms with Gasteiger partial charge in [-0.3, -0.25) is 9.59 Å². The lowest BCUT2D eigenvalue weighted by atomic mass is 10.0. The van der Waals surface area contributed by atoms with Crippen molar-refractivity contribution in [2.75, 3.05) is 18.2 Å². The van der Waals surface area contributed by atoms with Crippen LogP contribution in [0.2, 0.25) is 0 Å². The number of nitrogens with two attached hydrogens (primary N) is 1. The molecular weight excluding hydrogens is 508 g/mol. The number of rotatable bonds is 8. The summed E-state index contributed by atoms with van der Waals surface area (Å²) in [6.07, 6.45) is -1.56. The molecular formula is C25H24F4N6O3. The summed E-state index contributed by atoms with van der Waals surface area (Å²) in [6, 6.07) is 7.02. The second-order valence-electron chi connectivity index (χ2n) is 8.69. The van der Waals surface area contributed by atoms with E-state index >= 15 is 0 Å². The molecule has 0 aliphatic carbocycles. The van der Waals surface area contributed by atoms with E-state index < -0.39 is 40.4 Å². The van der Waals surface area contributed by atoms with Crippen LogP contribution in [0.15, 0.2) is 52.3 Å². The zero-order valence-corrected chi connectivity index (χ0v) is 20.4. The maximum absolute atomic E-state index is 15.0. The smallest absolute Gasteiger partial charge is 0.423 e. The predicted molar refractivity (Wildman–Crippen MR) is 135 cm³/mol. The third-order valence-electron chi connectivity index (χ3n) is 6.02. The zero-order chi connectivity index (χ0) is 27.6. The summed E-state index contributed by atoms with van der Waals surface area (Å²) in [4.78, 5) is 28.8. The first-order chi connectivity index (χ1) is 18.0. The Kier molecular flexibility index (Phi) is 7.37. The molecule has 4 rings (SSSR count). The van der Waals surface area contributed by atoms with Crippen LogP contribution in [0.3, 0.4) is 0 Å². The lowest BCUT2D eigenvalue weighted by Gasteiger charge is -2.18. The lowest BCUT2D eigenvalue weighted by molar-refractivity contribution is -0.138.